The standard InChI is InChI=1S/C10H12F3NO3S/c1-2-7-18(15,16)14-8-3-5-9(6-4-8)17-10(11,12)13/h3-6,14H,2,7H2,1H3. The fourth-order valence-corrected chi connectivity index (χ4v) is 2.36. The van der Waals surface area contributed by atoms with Crippen molar-refractivity contribution < 1.29 is 26.3 Å². The minimum atomic E-state index is -4.76. The van der Waals surface area contributed by atoms with Crippen molar-refractivity contribution in [3.05, 3.63) is 24.3 Å². The Hall–Kier alpha value is -1.44. The van der Waals surface area contributed by atoms with E-state index >= 15 is 0 Å². The zero-order valence-electron chi connectivity index (χ0n) is 9.49. The van der Waals surface area contributed by atoms with Gasteiger partial charge in [0.25, 0.3) is 0 Å². The van der Waals surface area contributed by atoms with Crippen LogP contribution in [0.3, 0.4) is 0 Å². The number of rotatable bonds is 5. The number of ether oxygens (including phenoxy) is 1. The average molecular weight is 283 g/mol. The minimum absolute atomic E-state index is 0.0478. The van der Waals surface area contributed by atoms with Gasteiger partial charge < -0.3 is 4.74 Å². The van der Waals surface area contributed by atoms with Gasteiger partial charge in [0.15, 0.2) is 0 Å². The highest BCUT2D eigenvalue weighted by molar-refractivity contribution is 7.92. The highest BCUT2D eigenvalue weighted by Crippen LogP contribution is 2.24. The molecule has 0 aliphatic rings. The summed E-state index contributed by atoms with van der Waals surface area (Å²) in [6.45, 7) is 1.71. The Morgan fingerprint density at radius 3 is 2.22 bits per heavy atom. The third kappa shape index (κ3) is 5.26. The lowest BCUT2D eigenvalue weighted by molar-refractivity contribution is -0.274. The first-order valence-corrected chi connectivity index (χ1v) is 6.73. The largest absolute Gasteiger partial charge is 0.573 e. The maximum Gasteiger partial charge on any atom is 0.573 e. The average Bonchev–Trinajstić information content (AvgIpc) is 2.18. The minimum Gasteiger partial charge on any atom is -0.406 e. The molecule has 0 unspecified atom stereocenters. The summed E-state index contributed by atoms with van der Waals surface area (Å²) in [5.41, 5.74) is 0.193. The zero-order chi connectivity index (χ0) is 13.8. The Balaban J connectivity index is 2.72. The van der Waals surface area contributed by atoms with E-state index < -0.39 is 22.1 Å². The van der Waals surface area contributed by atoms with Gasteiger partial charge in [-0.2, -0.15) is 0 Å². The van der Waals surface area contributed by atoms with Crippen LogP contribution >= 0.6 is 0 Å². The maximum atomic E-state index is 11.9. The third-order valence-electron chi connectivity index (χ3n) is 1.83. The molecule has 0 amide bonds. The molecule has 1 N–H and O–H groups in total. The molecule has 0 radical (unpaired) electrons. The van der Waals surface area contributed by atoms with Crippen molar-refractivity contribution in [3.8, 4) is 5.75 Å². The van der Waals surface area contributed by atoms with Crippen LogP contribution in [0.15, 0.2) is 24.3 Å². The molecule has 0 spiro atoms. The summed E-state index contributed by atoms with van der Waals surface area (Å²) in [5.74, 6) is -0.450. The highest BCUT2D eigenvalue weighted by atomic mass is 32.2. The summed E-state index contributed by atoms with van der Waals surface area (Å²) in [6.07, 6.45) is -4.31. The van der Waals surface area contributed by atoms with E-state index in [4.69, 9.17) is 0 Å². The van der Waals surface area contributed by atoms with Crippen LogP contribution in [0.25, 0.3) is 0 Å². The molecule has 18 heavy (non-hydrogen) atoms. The van der Waals surface area contributed by atoms with Crippen molar-refractivity contribution in [1.29, 1.82) is 0 Å². The van der Waals surface area contributed by atoms with E-state index in [1.807, 2.05) is 0 Å². The Kier molecular flexibility index (Phi) is 4.44. The van der Waals surface area contributed by atoms with E-state index in [1.54, 1.807) is 6.92 Å². The first-order chi connectivity index (χ1) is 8.22. The van der Waals surface area contributed by atoms with Gasteiger partial charge in [-0.15, -0.1) is 13.2 Å². The lowest BCUT2D eigenvalue weighted by atomic mass is 10.3. The van der Waals surface area contributed by atoms with Crippen LogP contribution in [-0.2, 0) is 10.0 Å². The van der Waals surface area contributed by atoms with Gasteiger partial charge >= 0.3 is 6.36 Å². The molecule has 0 aromatic heterocycles. The lowest BCUT2D eigenvalue weighted by Gasteiger charge is -2.10. The van der Waals surface area contributed by atoms with Crippen LogP contribution < -0.4 is 9.46 Å². The molecule has 102 valence electrons. The van der Waals surface area contributed by atoms with Crippen LogP contribution in [0, 0.1) is 0 Å². The van der Waals surface area contributed by atoms with Crippen LogP contribution in [0.2, 0.25) is 0 Å². The first-order valence-electron chi connectivity index (χ1n) is 5.08. The van der Waals surface area contributed by atoms with E-state index in [0.29, 0.717) is 6.42 Å². The van der Waals surface area contributed by atoms with Gasteiger partial charge in [0.1, 0.15) is 5.75 Å². The number of alkyl halides is 3. The molecule has 0 heterocycles. The van der Waals surface area contributed by atoms with Gasteiger partial charge in [0.2, 0.25) is 10.0 Å². The number of benzene rings is 1. The maximum absolute atomic E-state index is 11.9. The number of halogens is 3. The molecular formula is C10H12F3NO3S. The molecule has 0 bridgehead atoms. The normalized spacial score (nSPS) is 12.2. The van der Waals surface area contributed by atoms with Crippen LogP contribution in [0.5, 0.6) is 5.75 Å². The Morgan fingerprint density at radius 2 is 1.78 bits per heavy atom. The molecule has 1 aromatic carbocycles. The summed E-state index contributed by atoms with van der Waals surface area (Å²) < 4.78 is 64.3. The van der Waals surface area contributed by atoms with Crippen molar-refractivity contribution in [3.63, 3.8) is 0 Å². The van der Waals surface area contributed by atoms with E-state index in [2.05, 4.69) is 9.46 Å². The molecule has 4 nitrogen and oxygen atoms in total. The van der Waals surface area contributed by atoms with Crippen molar-refractivity contribution >= 4 is 15.7 Å². The summed E-state index contributed by atoms with van der Waals surface area (Å²) in [4.78, 5) is 0. The van der Waals surface area contributed by atoms with Crippen molar-refractivity contribution in [2.75, 3.05) is 10.5 Å². The number of hydrogen-bond acceptors (Lipinski definition) is 3. The topological polar surface area (TPSA) is 55.4 Å². The number of anilines is 1. The molecule has 0 aliphatic heterocycles. The molecule has 0 aliphatic carbocycles. The van der Waals surface area contributed by atoms with Crippen molar-refractivity contribution in [2.45, 2.75) is 19.7 Å². The van der Waals surface area contributed by atoms with Gasteiger partial charge in [-0.1, -0.05) is 6.92 Å². The predicted octanol–water partition coefficient (Wildman–Crippen LogP) is 2.74. The smallest absolute Gasteiger partial charge is 0.406 e. The fourth-order valence-electron chi connectivity index (χ4n) is 1.22. The number of hydrogen-bond donors (Lipinski definition) is 1. The van der Waals surface area contributed by atoms with E-state index in [-0.39, 0.29) is 11.4 Å². The molecule has 1 rings (SSSR count). The molecule has 8 heteroatoms. The van der Waals surface area contributed by atoms with Gasteiger partial charge in [-0.3, -0.25) is 4.72 Å². The van der Waals surface area contributed by atoms with E-state index in [9.17, 15) is 21.6 Å². The van der Waals surface area contributed by atoms with Gasteiger partial charge in [-0.25, -0.2) is 8.42 Å². The summed E-state index contributed by atoms with van der Waals surface area (Å²) in [5, 5.41) is 0. The summed E-state index contributed by atoms with van der Waals surface area (Å²) >= 11 is 0. The summed E-state index contributed by atoms with van der Waals surface area (Å²) in [7, 11) is -3.45. The zero-order valence-corrected chi connectivity index (χ0v) is 10.3. The second-order valence-corrected chi connectivity index (χ2v) is 5.33. The SMILES string of the molecule is CCCS(=O)(=O)Nc1ccc(OC(F)(F)F)cc1. The lowest BCUT2D eigenvalue weighted by Crippen LogP contribution is -2.17. The van der Waals surface area contributed by atoms with Crippen LogP contribution in [0.1, 0.15) is 13.3 Å². The number of nitrogens with one attached hydrogen (secondary N) is 1. The van der Waals surface area contributed by atoms with Crippen LogP contribution in [0.4, 0.5) is 18.9 Å². The number of sulfonamides is 1. The highest BCUT2D eigenvalue weighted by Gasteiger charge is 2.30. The summed E-state index contributed by atoms with van der Waals surface area (Å²) in [6, 6.07) is 4.48. The molecular weight excluding hydrogens is 271 g/mol. The van der Waals surface area contributed by atoms with Gasteiger partial charge in [-0.05, 0) is 30.7 Å². The predicted molar refractivity (Wildman–Crippen MR) is 60.8 cm³/mol. The molecule has 1 aromatic rings. The van der Waals surface area contributed by atoms with Crippen LogP contribution in [-0.4, -0.2) is 20.5 Å². The van der Waals surface area contributed by atoms with Crippen molar-refractivity contribution in [1.82, 2.24) is 0 Å². The fraction of sp³-hybridized carbons (Fsp3) is 0.400. The molecule has 0 atom stereocenters. The van der Waals surface area contributed by atoms with E-state index in [1.165, 1.54) is 12.1 Å². The Morgan fingerprint density at radius 1 is 1.22 bits per heavy atom. The Bertz CT molecular complexity index is 482. The van der Waals surface area contributed by atoms with Gasteiger partial charge in [0, 0.05) is 5.69 Å². The molecule has 0 fully saturated rings. The first kappa shape index (κ1) is 14.6. The monoisotopic (exact) mass is 283 g/mol. The van der Waals surface area contributed by atoms with Crippen molar-refractivity contribution in [2.24, 2.45) is 0 Å². The molecule has 0 saturated heterocycles. The quantitative estimate of drug-likeness (QED) is 0.904. The van der Waals surface area contributed by atoms with Gasteiger partial charge in [0.05, 0.1) is 5.75 Å². The second-order valence-electron chi connectivity index (χ2n) is 3.49. The Labute approximate surface area is 103 Å². The second kappa shape index (κ2) is 5.47. The molecule has 0 saturated carbocycles. The van der Waals surface area contributed by atoms with E-state index in [0.717, 1.165) is 12.1 Å². The third-order valence-corrected chi connectivity index (χ3v) is 3.33.